The van der Waals surface area contributed by atoms with E-state index in [0.717, 1.165) is 87.1 Å². The number of halogens is 1. The molecule has 1 N–H and O–H groups in total. The Labute approximate surface area is 273 Å². The molecule has 0 spiro atoms. The van der Waals surface area contributed by atoms with Gasteiger partial charge in [-0.3, -0.25) is 9.59 Å². The number of hydrogen-bond acceptors (Lipinski definition) is 4. The van der Waals surface area contributed by atoms with Gasteiger partial charge in [-0.1, -0.05) is 63.5 Å². The second-order valence-electron chi connectivity index (χ2n) is 12.2. The predicted octanol–water partition coefficient (Wildman–Crippen LogP) is 8.39. The number of hydrogen-bond donors (Lipinski definition) is 1. The number of piperidine rings is 1. The second kappa shape index (κ2) is 13.9. The monoisotopic (exact) mass is 666 g/mol. The summed E-state index contributed by atoms with van der Waals surface area (Å²) < 4.78 is 13.5. The minimum Gasteiger partial charge on any atom is -0.490 e. The lowest BCUT2D eigenvalue weighted by Crippen LogP contribution is -2.41. The molecule has 45 heavy (non-hydrogen) atoms. The summed E-state index contributed by atoms with van der Waals surface area (Å²) in [4.78, 5) is 28.1. The Morgan fingerprint density at radius 2 is 1.53 bits per heavy atom. The van der Waals surface area contributed by atoms with Crippen molar-refractivity contribution >= 4 is 33.4 Å². The van der Waals surface area contributed by atoms with Gasteiger partial charge in [0.05, 0.1) is 5.92 Å². The van der Waals surface area contributed by atoms with Crippen LogP contribution >= 0.6 is 15.9 Å². The first-order valence-electron chi connectivity index (χ1n) is 15.8. The molecule has 232 valence electrons. The molecule has 1 aliphatic carbocycles. The number of benzene rings is 4. The quantitative estimate of drug-likeness (QED) is 0.205. The third-order valence-electron chi connectivity index (χ3n) is 8.79. The number of aryl methyl sites for hydroxylation is 2. The van der Waals surface area contributed by atoms with Crippen LogP contribution in [0.5, 0.6) is 11.5 Å². The van der Waals surface area contributed by atoms with Crippen LogP contribution in [0.4, 0.5) is 5.69 Å². The van der Waals surface area contributed by atoms with Crippen LogP contribution in [-0.4, -0.2) is 35.9 Å². The Morgan fingerprint density at radius 3 is 2.22 bits per heavy atom. The molecule has 1 atom stereocenters. The van der Waals surface area contributed by atoms with Gasteiger partial charge in [0.25, 0.3) is 5.91 Å². The van der Waals surface area contributed by atoms with Crippen molar-refractivity contribution in [2.24, 2.45) is 0 Å². The summed E-state index contributed by atoms with van der Waals surface area (Å²) >= 11 is 3.65. The van der Waals surface area contributed by atoms with Crippen molar-refractivity contribution in [2.75, 3.05) is 18.4 Å². The van der Waals surface area contributed by atoms with E-state index in [2.05, 4.69) is 27.3 Å². The van der Waals surface area contributed by atoms with Gasteiger partial charge in [-0.15, -0.1) is 0 Å². The van der Waals surface area contributed by atoms with Crippen molar-refractivity contribution in [3.05, 3.63) is 123 Å². The van der Waals surface area contributed by atoms with E-state index in [0.29, 0.717) is 19.7 Å². The van der Waals surface area contributed by atoms with Crippen LogP contribution in [0.15, 0.2) is 89.4 Å². The van der Waals surface area contributed by atoms with Crippen molar-refractivity contribution in [2.45, 2.75) is 64.6 Å². The van der Waals surface area contributed by atoms with E-state index >= 15 is 0 Å². The van der Waals surface area contributed by atoms with E-state index in [1.807, 2.05) is 97.6 Å². The lowest BCUT2D eigenvalue weighted by atomic mass is 9.81. The summed E-state index contributed by atoms with van der Waals surface area (Å²) in [6, 6.07) is 27.8. The van der Waals surface area contributed by atoms with Gasteiger partial charge in [0.2, 0.25) is 5.91 Å². The molecule has 1 unspecified atom stereocenters. The maximum absolute atomic E-state index is 13.3. The molecule has 1 saturated heterocycles. The molecule has 1 aliphatic heterocycles. The van der Waals surface area contributed by atoms with Gasteiger partial charge < -0.3 is 19.7 Å². The van der Waals surface area contributed by atoms with Gasteiger partial charge in [-0.2, -0.15) is 0 Å². The molecule has 1 fully saturated rings. The predicted molar refractivity (Wildman–Crippen MR) is 181 cm³/mol. The average molecular weight is 668 g/mol. The standard InChI is InChI=1S/C38H39BrN2O4/c1-25-6-12-28(13-7-25)38(43)41-20-18-32(19-21-41)45-31-16-10-27(11-17-31)24-44-36-23-29(39)22-35-33(36)4-3-5-34(35)37(42)40-30-14-8-26(2)9-15-30/h6-17,22-23,32,34H,3-5,18-21,24H2,1-2H3,(H,40,42). The first-order chi connectivity index (χ1) is 21.8. The van der Waals surface area contributed by atoms with E-state index < -0.39 is 0 Å². The Bertz CT molecular complexity index is 1640. The Morgan fingerprint density at radius 1 is 0.867 bits per heavy atom. The summed E-state index contributed by atoms with van der Waals surface area (Å²) in [6.07, 6.45) is 4.32. The Hall–Kier alpha value is -4.10. The summed E-state index contributed by atoms with van der Waals surface area (Å²) in [7, 11) is 0. The molecule has 6 rings (SSSR count). The van der Waals surface area contributed by atoms with Crippen LogP contribution in [0.2, 0.25) is 0 Å². The van der Waals surface area contributed by atoms with Crippen molar-refractivity contribution in [1.29, 1.82) is 0 Å². The zero-order valence-electron chi connectivity index (χ0n) is 25.9. The third kappa shape index (κ3) is 7.59. The fourth-order valence-corrected chi connectivity index (χ4v) is 6.64. The lowest BCUT2D eigenvalue weighted by Gasteiger charge is -2.32. The number of likely N-dealkylation sites (tertiary alicyclic amines) is 1. The zero-order chi connectivity index (χ0) is 31.3. The normalized spacial score (nSPS) is 16.5. The van der Waals surface area contributed by atoms with Gasteiger partial charge in [0, 0.05) is 41.7 Å². The Kier molecular flexibility index (Phi) is 9.55. The summed E-state index contributed by atoms with van der Waals surface area (Å²) in [5.41, 5.74) is 7.05. The average Bonchev–Trinajstić information content (AvgIpc) is 3.05. The van der Waals surface area contributed by atoms with E-state index in [9.17, 15) is 9.59 Å². The first-order valence-corrected chi connectivity index (χ1v) is 16.6. The maximum Gasteiger partial charge on any atom is 0.253 e. The highest BCUT2D eigenvalue weighted by Crippen LogP contribution is 2.40. The number of nitrogens with one attached hydrogen (secondary N) is 1. The van der Waals surface area contributed by atoms with Gasteiger partial charge >= 0.3 is 0 Å². The van der Waals surface area contributed by atoms with Crippen molar-refractivity contribution < 1.29 is 19.1 Å². The SMILES string of the molecule is Cc1ccc(NC(=O)C2CCCc3c(OCc4ccc(OC5CCN(C(=O)c6ccc(C)cc6)CC5)cc4)cc(Br)cc32)cc1. The van der Waals surface area contributed by atoms with Crippen LogP contribution in [-0.2, 0) is 17.8 Å². The van der Waals surface area contributed by atoms with Crippen LogP contribution in [0.1, 0.15) is 69.8 Å². The number of ether oxygens (including phenoxy) is 2. The van der Waals surface area contributed by atoms with Crippen LogP contribution in [0.25, 0.3) is 0 Å². The van der Waals surface area contributed by atoms with E-state index in [1.54, 1.807) is 0 Å². The second-order valence-corrected chi connectivity index (χ2v) is 13.1. The number of amides is 2. The fourth-order valence-electron chi connectivity index (χ4n) is 6.19. The third-order valence-corrected chi connectivity index (χ3v) is 9.24. The molecule has 0 bridgehead atoms. The summed E-state index contributed by atoms with van der Waals surface area (Å²) in [6.45, 7) is 5.86. The molecular weight excluding hydrogens is 628 g/mol. The molecule has 6 nitrogen and oxygen atoms in total. The maximum atomic E-state index is 13.3. The molecule has 1 heterocycles. The van der Waals surface area contributed by atoms with Crippen molar-refractivity contribution in [1.82, 2.24) is 4.90 Å². The highest BCUT2D eigenvalue weighted by Gasteiger charge is 2.29. The molecule has 0 saturated carbocycles. The minimum atomic E-state index is -0.223. The number of carbonyl (C=O) groups is 2. The van der Waals surface area contributed by atoms with Crippen LogP contribution in [0, 0.1) is 13.8 Å². The number of carbonyl (C=O) groups excluding carboxylic acids is 2. The molecule has 2 aliphatic rings. The van der Waals surface area contributed by atoms with Crippen molar-refractivity contribution in [3.63, 3.8) is 0 Å². The molecule has 0 radical (unpaired) electrons. The van der Waals surface area contributed by atoms with E-state index in [-0.39, 0.29) is 23.8 Å². The lowest BCUT2D eigenvalue weighted by molar-refractivity contribution is -0.117. The molecule has 2 amide bonds. The Balaban J connectivity index is 1.03. The summed E-state index contributed by atoms with van der Waals surface area (Å²) in [5, 5.41) is 3.10. The molecular formula is C38H39BrN2O4. The minimum absolute atomic E-state index is 0.0167. The van der Waals surface area contributed by atoms with Gasteiger partial charge in [0.15, 0.2) is 0 Å². The number of anilines is 1. The van der Waals surface area contributed by atoms with E-state index in [1.165, 1.54) is 0 Å². The first kappa shape index (κ1) is 30.9. The van der Waals surface area contributed by atoms with Crippen LogP contribution in [0.3, 0.4) is 0 Å². The topological polar surface area (TPSA) is 67.9 Å². The molecule has 7 heteroatoms. The molecule has 4 aromatic rings. The smallest absolute Gasteiger partial charge is 0.253 e. The van der Waals surface area contributed by atoms with Gasteiger partial charge in [0.1, 0.15) is 24.2 Å². The number of rotatable bonds is 8. The highest BCUT2D eigenvalue weighted by atomic mass is 79.9. The molecule has 4 aromatic carbocycles. The zero-order valence-corrected chi connectivity index (χ0v) is 27.4. The van der Waals surface area contributed by atoms with Gasteiger partial charge in [-0.25, -0.2) is 0 Å². The fraction of sp³-hybridized carbons (Fsp3) is 0.316. The van der Waals surface area contributed by atoms with Crippen molar-refractivity contribution in [3.8, 4) is 11.5 Å². The summed E-state index contributed by atoms with van der Waals surface area (Å²) in [5.74, 6) is 1.52. The number of fused-ring (bicyclic) bond motifs is 1. The van der Waals surface area contributed by atoms with Crippen LogP contribution < -0.4 is 14.8 Å². The van der Waals surface area contributed by atoms with E-state index in [4.69, 9.17) is 9.47 Å². The highest BCUT2D eigenvalue weighted by molar-refractivity contribution is 9.10. The molecule has 0 aromatic heterocycles. The van der Waals surface area contributed by atoms with Gasteiger partial charge in [-0.05, 0) is 98.3 Å². The number of nitrogens with zero attached hydrogens (tertiary/aromatic N) is 1. The largest absolute Gasteiger partial charge is 0.490 e.